The molecule has 1 N–H and O–H groups in total. The van der Waals surface area contributed by atoms with Crippen molar-refractivity contribution in [2.45, 2.75) is 84.7 Å². The largest absolute Gasteiger partial charge is 0.393 e. The highest BCUT2D eigenvalue weighted by Crippen LogP contribution is 2.67. The number of hydrogen-bond acceptors (Lipinski definition) is 2. The van der Waals surface area contributed by atoms with Crippen molar-refractivity contribution in [1.29, 1.82) is 0 Å². The van der Waals surface area contributed by atoms with Crippen molar-refractivity contribution in [3.63, 3.8) is 0 Å². The molecule has 134 valence electrons. The van der Waals surface area contributed by atoms with Crippen molar-refractivity contribution in [2.24, 2.45) is 34.5 Å². The van der Waals surface area contributed by atoms with Gasteiger partial charge in [0.15, 0.2) is 0 Å². The molecule has 0 saturated heterocycles. The van der Waals surface area contributed by atoms with Crippen LogP contribution in [0.1, 0.15) is 78.6 Å². The van der Waals surface area contributed by atoms with Gasteiger partial charge in [-0.2, -0.15) is 0 Å². The van der Waals surface area contributed by atoms with Crippen molar-refractivity contribution in [1.82, 2.24) is 0 Å². The Balaban J connectivity index is 1.68. The molecule has 3 saturated carbocycles. The van der Waals surface area contributed by atoms with E-state index in [4.69, 9.17) is 0 Å². The molecule has 0 amide bonds. The van der Waals surface area contributed by atoms with E-state index in [0.29, 0.717) is 17.1 Å². The lowest BCUT2D eigenvalue weighted by Gasteiger charge is -2.59. The van der Waals surface area contributed by atoms with E-state index in [2.05, 4.69) is 19.9 Å². The molecule has 4 aliphatic rings. The van der Waals surface area contributed by atoms with Crippen LogP contribution in [-0.4, -0.2) is 17.0 Å². The monoisotopic (exact) mass is 330 g/mol. The van der Waals surface area contributed by atoms with E-state index in [1.165, 1.54) is 38.5 Å². The van der Waals surface area contributed by atoms with Crippen LogP contribution in [0.2, 0.25) is 0 Å². The van der Waals surface area contributed by atoms with Crippen LogP contribution in [0.15, 0.2) is 11.6 Å². The number of carbonyl (C=O) groups is 1. The summed E-state index contributed by atoms with van der Waals surface area (Å²) in [6, 6.07) is 0. The number of ketones is 1. The maximum Gasteiger partial charge on any atom is 0.133 e. The van der Waals surface area contributed by atoms with Gasteiger partial charge in [0.25, 0.3) is 0 Å². The Bertz CT molecular complexity index is 564. The minimum absolute atomic E-state index is 0.116. The van der Waals surface area contributed by atoms with Gasteiger partial charge < -0.3 is 5.11 Å². The molecular formula is C22H34O2. The van der Waals surface area contributed by atoms with Crippen molar-refractivity contribution < 1.29 is 9.90 Å². The van der Waals surface area contributed by atoms with Crippen LogP contribution in [-0.2, 0) is 4.79 Å². The molecule has 0 unspecified atom stereocenters. The van der Waals surface area contributed by atoms with Gasteiger partial charge in [0.2, 0.25) is 0 Å². The van der Waals surface area contributed by atoms with Gasteiger partial charge in [-0.3, -0.25) is 4.79 Å². The van der Waals surface area contributed by atoms with Gasteiger partial charge in [0, 0.05) is 5.92 Å². The Kier molecular flexibility index (Phi) is 3.99. The summed E-state index contributed by atoms with van der Waals surface area (Å²) < 4.78 is 0. The number of rotatable bonds is 2. The van der Waals surface area contributed by atoms with Crippen LogP contribution in [0.3, 0.4) is 0 Å². The molecule has 0 bridgehead atoms. The minimum atomic E-state index is -0.116. The lowest BCUT2D eigenvalue weighted by atomic mass is 9.46. The van der Waals surface area contributed by atoms with Crippen molar-refractivity contribution in [3.05, 3.63) is 11.6 Å². The fraction of sp³-hybridized carbons (Fsp3) is 0.864. The minimum Gasteiger partial charge on any atom is -0.393 e. The van der Waals surface area contributed by atoms with Gasteiger partial charge in [-0.05, 0) is 93.3 Å². The fourth-order valence-electron chi connectivity index (χ4n) is 7.77. The topological polar surface area (TPSA) is 37.3 Å². The Hall–Kier alpha value is -0.630. The summed E-state index contributed by atoms with van der Waals surface area (Å²) in [7, 11) is 0. The Morgan fingerprint density at radius 2 is 2.00 bits per heavy atom. The van der Waals surface area contributed by atoms with Crippen molar-refractivity contribution in [3.8, 4) is 0 Å². The maximum absolute atomic E-state index is 12.2. The molecule has 2 nitrogen and oxygen atoms in total. The van der Waals surface area contributed by atoms with Crippen LogP contribution in [0.5, 0.6) is 0 Å². The summed E-state index contributed by atoms with van der Waals surface area (Å²) >= 11 is 0. The summed E-state index contributed by atoms with van der Waals surface area (Å²) in [5, 5.41) is 10.2. The van der Waals surface area contributed by atoms with Crippen LogP contribution < -0.4 is 0 Å². The molecule has 2 heteroatoms. The zero-order chi connectivity index (χ0) is 17.1. The van der Waals surface area contributed by atoms with Gasteiger partial charge in [-0.25, -0.2) is 0 Å². The number of aliphatic hydroxyl groups is 1. The first-order chi connectivity index (χ1) is 11.4. The average Bonchev–Trinajstić information content (AvgIpc) is 2.91. The van der Waals surface area contributed by atoms with Gasteiger partial charge >= 0.3 is 0 Å². The maximum atomic E-state index is 12.2. The first-order valence-electron chi connectivity index (χ1n) is 10.3. The van der Waals surface area contributed by atoms with E-state index in [9.17, 15) is 9.90 Å². The molecule has 24 heavy (non-hydrogen) atoms. The first kappa shape index (κ1) is 16.8. The predicted molar refractivity (Wildman–Crippen MR) is 96.5 cm³/mol. The fourth-order valence-corrected chi connectivity index (χ4v) is 7.77. The number of Topliss-reactive ketones (excluding diaryl/α,β-unsaturated/α-hetero) is 1. The normalized spacial score (nSPS) is 50.5. The predicted octanol–water partition coefficient (Wildman–Crippen LogP) is 4.91. The Morgan fingerprint density at radius 1 is 1.21 bits per heavy atom. The van der Waals surface area contributed by atoms with E-state index in [-0.39, 0.29) is 11.5 Å². The van der Waals surface area contributed by atoms with E-state index < -0.39 is 0 Å². The summed E-state index contributed by atoms with van der Waals surface area (Å²) in [5.41, 5.74) is 2.19. The van der Waals surface area contributed by atoms with E-state index >= 15 is 0 Å². The molecule has 7 atom stereocenters. The number of fused-ring (bicyclic) bond motifs is 5. The lowest BCUT2D eigenvalue weighted by Crippen LogP contribution is -2.51. The van der Waals surface area contributed by atoms with Crippen molar-refractivity contribution in [2.75, 3.05) is 0 Å². The second-order valence-corrected chi connectivity index (χ2v) is 9.53. The molecule has 4 rings (SSSR count). The number of aliphatic hydroxyl groups excluding tert-OH is 1. The molecular weight excluding hydrogens is 296 g/mol. The van der Waals surface area contributed by atoms with E-state index in [1.54, 1.807) is 5.57 Å². The van der Waals surface area contributed by atoms with Crippen molar-refractivity contribution >= 4 is 5.78 Å². The quantitative estimate of drug-likeness (QED) is 0.731. The second-order valence-electron chi connectivity index (χ2n) is 9.53. The van der Waals surface area contributed by atoms with Gasteiger partial charge in [0.1, 0.15) is 5.78 Å². The summed E-state index contributed by atoms with van der Waals surface area (Å²) in [6.07, 6.45) is 12.8. The van der Waals surface area contributed by atoms with Crippen LogP contribution in [0.4, 0.5) is 0 Å². The highest BCUT2D eigenvalue weighted by molar-refractivity contribution is 5.79. The smallest absolute Gasteiger partial charge is 0.133 e. The van der Waals surface area contributed by atoms with E-state index in [1.807, 2.05) is 6.92 Å². The molecule has 4 aliphatic carbocycles. The zero-order valence-electron chi connectivity index (χ0n) is 15.7. The summed E-state index contributed by atoms with van der Waals surface area (Å²) in [4.78, 5) is 12.2. The molecule has 0 aromatic carbocycles. The summed E-state index contributed by atoms with van der Waals surface area (Å²) in [5.74, 6) is 3.03. The molecule has 0 aromatic heterocycles. The molecule has 0 heterocycles. The Labute approximate surface area is 147 Å². The molecule has 0 aliphatic heterocycles. The van der Waals surface area contributed by atoms with Crippen LogP contribution >= 0.6 is 0 Å². The highest BCUT2D eigenvalue weighted by Gasteiger charge is 2.59. The highest BCUT2D eigenvalue weighted by atomic mass is 16.3. The van der Waals surface area contributed by atoms with Gasteiger partial charge in [-0.1, -0.05) is 25.5 Å². The van der Waals surface area contributed by atoms with E-state index in [0.717, 1.165) is 37.0 Å². The van der Waals surface area contributed by atoms with Gasteiger partial charge in [-0.15, -0.1) is 0 Å². The zero-order valence-corrected chi connectivity index (χ0v) is 15.7. The molecule has 0 spiro atoms. The number of carbonyl (C=O) groups excluding carboxylic acids is 1. The average molecular weight is 331 g/mol. The second kappa shape index (κ2) is 5.69. The third-order valence-corrected chi connectivity index (χ3v) is 8.92. The lowest BCUT2D eigenvalue weighted by molar-refractivity contribution is -0.127. The number of allylic oxidation sites excluding steroid dienone is 1. The van der Waals surface area contributed by atoms with Crippen LogP contribution in [0.25, 0.3) is 0 Å². The molecule has 0 aromatic rings. The SMILES string of the molecule is CC[C@]12CC[C@H](O)CC1=CC[C@@H]1[C@@H]2CC[C@]2(C)[C@@H](C(C)=O)CC[C@@H]12. The molecule has 3 fully saturated rings. The number of hydrogen-bond donors (Lipinski definition) is 1. The third-order valence-electron chi connectivity index (χ3n) is 8.92. The standard InChI is InChI=1S/C22H34O2/c1-4-22-12-9-16(24)13-15(22)5-6-17-19-8-7-18(14(2)23)21(19,3)11-10-20(17)22/h5,16-20,24H,4,6-13H2,1-3H3/t16-,17-,18+,19-,20-,21+,22-/m0/s1. The van der Waals surface area contributed by atoms with Crippen LogP contribution in [0, 0.1) is 34.5 Å². The van der Waals surface area contributed by atoms with Gasteiger partial charge in [0.05, 0.1) is 6.10 Å². The third kappa shape index (κ3) is 2.14. The Morgan fingerprint density at radius 3 is 2.71 bits per heavy atom. The molecule has 0 radical (unpaired) electrons. The first-order valence-corrected chi connectivity index (χ1v) is 10.3. The summed E-state index contributed by atoms with van der Waals surface area (Å²) in [6.45, 7) is 6.61.